The average Bonchev–Trinajstić information content (AvgIpc) is 3.38. The number of rotatable bonds is 55. The van der Waals surface area contributed by atoms with Crippen LogP contribution in [-0.4, -0.2) is 37.2 Å². The molecule has 0 aromatic heterocycles. The van der Waals surface area contributed by atoms with Crippen LogP contribution in [-0.2, 0) is 28.6 Å². The second kappa shape index (κ2) is 60.1. The molecule has 0 heterocycles. The molecule has 0 aliphatic carbocycles. The Morgan fingerprint density at radius 1 is 0.292 bits per heavy atom. The smallest absolute Gasteiger partial charge is 0.306 e. The predicted molar refractivity (Wildman–Crippen MR) is 311 cm³/mol. The lowest BCUT2D eigenvalue weighted by atomic mass is 10.0. The maximum absolute atomic E-state index is 12.8. The third kappa shape index (κ3) is 57.5. The van der Waals surface area contributed by atoms with Gasteiger partial charge in [0.05, 0.1) is 0 Å². The fraction of sp³-hybridized carbons (Fsp3) is 0.742. The van der Waals surface area contributed by atoms with Crippen molar-refractivity contribution in [2.75, 3.05) is 13.2 Å². The van der Waals surface area contributed by atoms with E-state index in [1.165, 1.54) is 141 Å². The van der Waals surface area contributed by atoms with Crippen LogP contribution in [0.3, 0.4) is 0 Å². The molecule has 0 radical (unpaired) electrons. The number of hydrogen-bond donors (Lipinski definition) is 0. The Morgan fingerprint density at radius 3 is 0.847 bits per heavy atom. The summed E-state index contributed by atoms with van der Waals surface area (Å²) in [6.07, 6.45) is 79.2. The molecule has 0 N–H and O–H groups in total. The highest BCUT2D eigenvalue weighted by molar-refractivity contribution is 5.71. The van der Waals surface area contributed by atoms with Crippen LogP contribution >= 0.6 is 0 Å². The van der Waals surface area contributed by atoms with Gasteiger partial charge in [-0.1, -0.05) is 286 Å². The van der Waals surface area contributed by atoms with Crippen LogP contribution in [0, 0.1) is 0 Å². The van der Waals surface area contributed by atoms with Gasteiger partial charge in [-0.2, -0.15) is 0 Å². The lowest BCUT2D eigenvalue weighted by Gasteiger charge is -2.18. The zero-order valence-electron chi connectivity index (χ0n) is 47.4. The minimum atomic E-state index is -0.776. The molecule has 0 rings (SSSR count). The quantitative estimate of drug-likeness (QED) is 0.0261. The Labute approximate surface area is 445 Å². The van der Waals surface area contributed by atoms with Crippen LogP contribution in [0.4, 0.5) is 0 Å². The second-order valence-corrected chi connectivity index (χ2v) is 20.2. The first-order valence-corrected chi connectivity index (χ1v) is 30.6. The van der Waals surface area contributed by atoms with Gasteiger partial charge in [0.25, 0.3) is 0 Å². The van der Waals surface area contributed by atoms with Gasteiger partial charge in [-0.05, 0) is 77.0 Å². The van der Waals surface area contributed by atoms with Crippen LogP contribution in [0.2, 0.25) is 0 Å². The first-order valence-electron chi connectivity index (χ1n) is 30.6. The standard InChI is InChI=1S/C66H114O6/c1-4-7-10-13-15-17-19-21-23-25-27-29-30-31-32-33-34-35-36-37-39-40-42-44-46-48-50-53-56-59-65(68)71-62-63(61-70-64(67)58-55-52-12-9-6-3)72-66(69)60-57-54-51-49-47-45-43-41-38-28-26-24-22-20-18-16-14-11-8-5-2/h7,10,15,17,21,23,27,29,31-32,34-35,37,39,63H,4-6,8-9,11-14,16,18-20,22,24-26,28,30,33,36,38,40-62H2,1-3H3/b10-7-,17-15-,23-21-,29-27-,32-31-,35-34-,39-37-. The maximum Gasteiger partial charge on any atom is 0.306 e. The van der Waals surface area contributed by atoms with Crippen LogP contribution in [0.5, 0.6) is 0 Å². The van der Waals surface area contributed by atoms with Gasteiger partial charge in [0.2, 0.25) is 0 Å². The van der Waals surface area contributed by atoms with E-state index in [0.717, 1.165) is 116 Å². The molecule has 1 atom stereocenters. The van der Waals surface area contributed by atoms with E-state index in [1.54, 1.807) is 0 Å². The molecule has 0 fully saturated rings. The molecule has 1 unspecified atom stereocenters. The van der Waals surface area contributed by atoms with Gasteiger partial charge < -0.3 is 14.2 Å². The van der Waals surface area contributed by atoms with Gasteiger partial charge in [0.1, 0.15) is 13.2 Å². The van der Waals surface area contributed by atoms with Gasteiger partial charge in [-0.25, -0.2) is 0 Å². The third-order valence-corrected chi connectivity index (χ3v) is 13.2. The summed E-state index contributed by atoms with van der Waals surface area (Å²) in [6.45, 7) is 6.46. The first-order chi connectivity index (χ1) is 35.5. The lowest BCUT2D eigenvalue weighted by molar-refractivity contribution is -0.167. The number of carbonyl (C=O) groups is 3. The highest BCUT2D eigenvalue weighted by Gasteiger charge is 2.19. The summed E-state index contributed by atoms with van der Waals surface area (Å²) in [5.74, 6) is -0.893. The molecule has 0 saturated heterocycles. The third-order valence-electron chi connectivity index (χ3n) is 13.2. The Bertz CT molecular complexity index is 1380. The summed E-state index contributed by atoms with van der Waals surface area (Å²) >= 11 is 0. The largest absolute Gasteiger partial charge is 0.462 e. The number of carbonyl (C=O) groups excluding carboxylic acids is 3. The highest BCUT2D eigenvalue weighted by Crippen LogP contribution is 2.17. The van der Waals surface area contributed by atoms with E-state index in [-0.39, 0.29) is 31.1 Å². The van der Waals surface area contributed by atoms with E-state index in [9.17, 15) is 14.4 Å². The Morgan fingerprint density at radius 2 is 0.542 bits per heavy atom. The highest BCUT2D eigenvalue weighted by atomic mass is 16.6. The Hall–Kier alpha value is -3.41. The SMILES string of the molecule is CC/C=C\C/C=C\C/C=C\C/C=C\C/C=C\C/C=C\C/C=C\CCCCCCCCCC(=O)OCC(COC(=O)CCCCCCC)OC(=O)CCCCCCCCCCCCCCCCCCCCCC. The summed E-state index contributed by atoms with van der Waals surface area (Å²) in [5, 5.41) is 0. The molecule has 0 saturated carbocycles. The number of ether oxygens (including phenoxy) is 3. The average molecular weight is 1000 g/mol. The van der Waals surface area contributed by atoms with Crippen molar-refractivity contribution >= 4 is 17.9 Å². The maximum atomic E-state index is 12.8. The zero-order valence-corrected chi connectivity index (χ0v) is 47.4. The number of unbranched alkanes of at least 4 members (excludes halogenated alkanes) is 30. The molecule has 0 aliphatic rings. The number of allylic oxidation sites excluding steroid dienone is 14. The van der Waals surface area contributed by atoms with Gasteiger partial charge in [0.15, 0.2) is 6.10 Å². The summed E-state index contributed by atoms with van der Waals surface area (Å²) in [4.78, 5) is 37.9. The number of hydrogen-bond acceptors (Lipinski definition) is 6. The van der Waals surface area contributed by atoms with Crippen LogP contribution in [0.25, 0.3) is 0 Å². The summed E-state index contributed by atoms with van der Waals surface area (Å²) < 4.78 is 16.7. The van der Waals surface area contributed by atoms with Crippen molar-refractivity contribution in [2.45, 2.75) is 303 Å². The molecule has 6 heteroatoms. The minimum absolute atomic E-state index is 0.0780. The molecule has 0 aromatic rings. The molecule has 414 valence electrons. The van der Waals surface area contributed by atoms with Crippen molar-refractivity contribution in [3.05, 3.63) is 85.1 Å². The molecule has 72 heavy (non-hydrogen) atoms. The van der Waals surface area contributed by atoms with E-state index in [2.05, 4.69) is 106 Å². The van der Waals surface area contributed by atoms with Crippen molar-refractivity contribution in [3.63, 3.8) is 0 Å². The van der Waals surface area contributed by atoms with Crippen LogP contribution in [0.1, 0.15) is 297 Å². The molecule has 0 spiro atoms. The van der Waals surface area contributed by atoms with Gasteiger partial charge in [0, 0.05) is 19.3 Å². The molecule has 0 amide bonds. The van der Waals surface area contributed by atoms with E-state index < -0.39 is 6.10 Å². The van der Waals surface area contributed by atoms with Crippen molar-refractivity contribution in [2.24, 2.45) is 0 Å². The number of esters is 3. The molecule has 0 bridgehead atoms. The summed E-state index contributed by atoms with van der Waals surface area (Å²) in [6, 6.07) is 0. The molecule has 6 nitrogen and oxygen atoms in total. The summed E-state index contributed by atoms with van der Waals surface area (Å²) in [7, 11) is 0. The van der Waals surface area contributed by atoms with E-state index in [1.807, 2.05) is 0 Å². The second-order valence-electron chi connectivity index (χ2n) is 20.2. The van der Waals surface area contributed by atoms with Crippen molar-refractivity contribution < 1.29 is 28.6 Å². The van der Waals surface area contributed by atoms with E-state index in [4.69, 9.17) is 14.2 Å². The van der Waals surface area contributed by atoms with Crippen LogP contribution < -0.4 is 0 Å². The first kappa shape index (κ1) is 68.6. The monoisotopic (exact) mass is 1000 g/mol. The Balaban J connectivity index is 4.09. The minimum Gasteiger partial charge on any atom is -0.462 e. The molecule has 0 aromatic carbocycles. The van der Waals surface area contributed by atoms with Crippen LogP contribution in [0.15, 0.2) is 85.1 Å². The predicted octanol–water partition coefficient (Wildman–Crippen LogP) is 20.7. The lowest BCUT2D eigenvalue weighted by Crippen LogP contribution is -2.30. The normalized spacial score (nSPS) is 12.7. The van der Waals surface area contributed by atoms with Gasteiger partial charge in [-0.15, -0.1) is 0 Å². The van der Waals surface area contributed by atoms with E-state index >= 15 is 0 Å². The summed E-state index contributed by atoms with van der Waals surface area (Å²) in [5.41, 5.74) is 0. The zero-order chi connectivity index (χ0) is 52.2. The molecule has 0 aliphatic heterocycles. The van der Waals surface area contributed by atoms with E-state index in [0.29, 0.717) is 19.3 Å². The van der Waals surface area contributed by atoms with Gasteiger partial charge >= 0.3 is 17.9 Å². The van der Waals surface area contributed by atoms with Crippen molar-refractivity contribution in [3.8, 4) is 0 Å². The van der Waals surface area contributed by atoms with Crippen molar-refractivity contribution in [1.29, 1.82) is 0 Å². The van der Waals surface area contributed by atoms with Crippen molar-refractivity contribution in [1.82, 2.24) is 0 Å². The Kier molecular flexibility index (Phi) is 57.3. The molecular formula is C66H114O6. The molecular weight excluding hydrogens is 889 g/mol. The fourth-order valence-corrected chi connectivity index (χ4v) is 8.60. The fourth-order valence-electron chi connectivity index (χ4n) is 8.60. The van der Waals surface area contributed by atoms with Gasteiger partial charge in [-0.3, -0.25) is 14.4 Å². The topological polar surface area (TPSA) is 78.9 Å².